The van der Waals surface area contributed by atoms with Gasteiger partial charge in [0.2, 0.25) is 0 Å². The number of nitrogens with zero attached hydrogens (tertiary/aromatic N) is 2. The predicted molar refractivity (Wildman–Crippen MR) is 73.2 cm³/mol. The summed E-state index contributed by atoms with van der Waals surface area (Å²) in [7, 11) is 1.43. The van der Waals surface area contributed by atoms with Gasteiger partial charge in [0.1, 0.15) is 6.54 Å². The van der Waals surface area contributed by atoms with Gasteiger partial charge in [-0.1, -0.05) is 6.07 Å². The highest BCUT2D eigenvalue weighted by atomic mass is 16.6. The zero-order chi connectivity index (χ0) is 16.0. The number of nitro benzene ring substituents is 1. The van der Waals surface area contributed by atoms with Crippen LogP contribution in [0.25, 0.3) is 0 Å². The van der Waals surface area contributed by atoms with E-state index >= 15 is 0 Å². The molecule has 0 fully saturated rings. The molecule has 1 rings (SSSR count). The lowest BCUT2D eigenvalue weighted by Gasteiger charge is -2.21. The number of aliphatic carboxylic acids is 1. The van der Waals surface area contributed by atoms with E-state index in [9.17, 15) is 19.7 Å². The highest BCUT2D eigenvalue weighted by molar-refractivity contribution is 5.98. The maximum atomic E-state index is 12.4. The average Bonchev–Trinajstić information content (AvgIpc) is 2.42. The number of methoxy groups -OCH3 is 1. The van der Waals surface area contributed by atoms with Crippen LogP contribution in [0.4, 0.5) is 5.69 Å². The minimum Gasteiger partial charge on any atom is -0.480 e. The van der Waals surface area contributed by atoms with Crippen LogP contribution >= 0.6 is 0 Å². The van der Waals surface area contributed by atoms with Crippen LogP contribution in [-0.2, 0) is 9.53 Å². The molecule has 0 saturated heterocycles. The van der Waals surface area contributed by atoms with Crippen molar-refractivity contribution in [2.45, 2.75) is 6.92 Å². The second-order valence-electron chi connectivity index (χ2n) is 4.32. The summed E-state index contributed by atoms with van der Waals surface area (Å²) in [6.45, 7) is 1.22. The number of carbonyl (C=O) groups excluding carboxylic acids is 1. The van der Waals surface area contributed by atoms with Crippen molar-refractivity contribution in [3.8, 4) is 0 Å². The van der Waals surface area contributed by atoms with Gasteiger partial charge in [0.25, 0.3) is 11.6 Å². The van der Waals surface area contributed by atoms with Gasteiger partial charge in [-0.3, -0.25) is 19.7 Å². The number of carboxylic acid groups (broad SMARTS) is 1. The molecule has 0 unspecified atom stereocenters. The Kier molecular flexibility index (Phi) is 5.79. The van der Waals surface area contributed by atoms with Crippen molar-refractivity contribution in [3.05, 3.63) is 39.4 Å². The Balaban J connectivity index is 3.11. The lowest BCUT2D eigenvalue weighted by Crippen LogP contribution is -2.38. The quantitative estimate of drug-likeness (QED) is 0.595. The molecule has 8 nitrogen and oxygen atoms in total. The lowest BCUT2D eigenvalue weighted by atomic mass is 10.1. The molecule has 0 saturated carbocycles. The largest absolute Gasteiger partial charge is 0.480 e. The molecule has 1 aromatic rings. The minimum atomic E-state index is -1.16. The topological polar surface area (TPSA) is 110 Å². The summed E-state index contributed by atoms with van der Waals surface area (Å²) < 4.78 is 4.84. The van der Waals surface area contributed by atoms with Crippen molar-refractivity contribution < 1.29 is 24.4 Å². The van der Waals surface area contributed by atoms with E-state index in [1.165, 1.54) is 32.2 Å². The first kappa shape index (κ1) is 16.6. The van der Waals surface area contributed by atoms with Gasteiger partial charge in [0.05, 0.1) is 11.5 Å². The molecule has 0 aliphatic carbocycles. The zero-order valence-electron chi connectivity index (χ0n) is 11.7. The van der Waals surface area contributed by atoms with Crippen molar-refractivity contribution in [1.29, 1.82) is 0 Å². The van der Waals surface area contributed by atoms with E-state index in [4.69, 9.17) is 9.84 Å². The van der Waals surface area contributed by atoms with Crippen LogP contribution in [-0.4, -0.2) is 53.6 Å². The van der Waals surface area contributed by atoms with Crippen molar-refractivity contribution in [1.82, 2.24) is 4.90 Å². The van der Waals surface area contributed by atoms with E-state index in [-0.39, 0.29) is 30.0 Å². The third-order valence-electron chi connectivity index (χ3n) is 2.91. The fourth-order valence-electron chi connectivity index (χ4n) is 1.84. The number of carboxylic acids is 1. The number of benzene rings is 1. The fraction of sp³-hybridized carbons (Fsp3) is 0.385. The Bertz CT molecular complexity index is 558. The Hall–Kier alpha value is -2.48. The SMILES string of the molecule is COCCN(CC(=O)O)C(=O)c1cccc([N+](=O)[O-])c1C. The molecule has 1 aromatic carbocycles. The first-order valence-corrected chi connectivity index (χ1v) is 6.12. The van der Waals surface area contributed by atoms with E-state index in [1.54, 1.807) is 0 Å². The molecule has 0 radical (unpaired) electrons. The standard InChI is InChI=1S/C13H16N2O6/c1-9-10(4-3-5-11(9)15(19)20)13(18)14(6-7-21-2)8-12(16)17/h3-5H,6-8H2,1-2H3,(H,16,17). The number of carbonyl (C=O) groups is 2. The molecule has 21 heavy (non-hydrogen) atoms. The van der Waals surface area contributed by atoms with Crippen molar-refractivity contribution >= 4 is 17.6 Å². The molecular formula is C13H16N2O6. The smallest absolute Gasteiger partial charge is 0.323 e. The van der Waals surface area contributed by atoms with E-state index in [1.807, 2.05) is 0 Å². The molecule has 0 aromatic heterocycles. The van der Waals surface area contributed by atoms with Crippen LogP contribution in [0, 0.1) is 17.0 Å². The maximum Gasteiger partial charge on any atom is 0.323 e. The number of hydrogen-bond acceptors (Lipinski definition) is 5. The molecule has 0 spiro atoms. The number of nitro groups is 1. The number of ether oxygens (including phenoxy) is 1. The van der Waals surface area contributed by atoms with Gasteiger partial charge in [-0.15, -0.1) is 0 Å². The summed E-state index contributed by atoms with van der Waals surface area (Å²) in [4.78, 5) is 34.6. The van der Waals surface area contributed by atoms with E-state index in [2.05, 4.69) is 0 Å². The molecule has 8 heteroatoms. The Morgan fingerprint density at radius 1 is 1.43 bits per heavy atom. The van der Waals surface area contributed by atoms with Gasteiger partial charge >= 0.3 is 5.97 Å². The molecule has 0 bridgehead atoms. The number of amides is 1. The second kappa shape index (κ2) is 7.34. The summed E-state index contributed by atoms with van der Waals surface area (Å²) in [5.41, 5.74) is 0.143. The van der Waals surface area contributed by atoms with Crippen LogP contribution in [0.3, 0.4) is 0 Å². The molecule has 1 N–H and O–H groups in total. The van der Waals surface area contributed by atoms with Gasteiger partial charge in [-0.05, 0) is 13.0 Å². The van der Waals surface area contributed by atoms with E-state index in [0.29, 0.717) is 0 Å². The summed E-state index contributed by atoms with van der Waals surface area (Å²) in [5, 5.41) is 19.7. The molecule has 0 aliphatic heterocycles. The number of rotatable bonds is 7. The lowest BCUT2D eigenvalue weighted by molar-refractivity contribution is -0.385. The Morgan fingerprint density at radius 2 is 2.10 bits per heavy atom. The first-order chi connectivity index (χ1) is 9.88. The van der Waals surface area contributed by atoms with E-state index in [0.717, 1.165) is 4.90 Å². The molecule has 1 amide bonds. The van der Waals surface area contributed by atoms with Crippen LogP contribution in [0.2, 0.25) is 0 Å². The van der Waals surface area contributed by atoms with E-state index < -0.39 is 23.3 Å². The molecule has 0 atom stereocenters. The van der Waals surface area contributed by atoms with Crippen LogP contribution in [0.1, 0.15) is 15.9 Å². The predicted octanol–water partition coefficient (Wildman–Crippen LogP) is 1.08. The Labute approximate surface area is 121 Å². The average molecular weight is 296 g/mol. The van der Waals surface area contributed by atoms with Gasteiger partial charge in [0.15, 0.2) is 0 Å². The normalized spacial score (nSPS) is 10.2. The Morgan fingerprint density at radius 3 is 2.62 bits per heavy atom. The zero-order valence-corrected chi connectivity index (χ0v) is 11.7. The molecule has 114 valence electrons. The summed E-state index contributed by atoms with van der Waals surface area (Å²) >= 11 is 0. The van der Waals surface area contributed by atoms with Crippen LogP contribution in [0.15, 0.2) is 18.2 Å². The van der Waals surface area contributed by atoms with Gasteiger partial charge < -0.3 is 14.7 Å². The minimum absolute atomic E-state index is 0.0871. The summed E-state index contributed by atoms with van der Waals surface area (Å²) in [5.74, 6) is -1.74. The maximum absolute atomic E-state index is 12.4. The number of hydrogen-bond donors (Lipinski definition) is 1. The third kappa shape index (κ3) is 4.25. The molecule has 0 heterocycles. The fourth-order valence-corrected chi connectivity index (χ4v) is 1.84. The van der Waals surface area contributed by atoms with Crippen molar-refractivity contribution in [2.75, 3.05) is 26.8 Å². The van der Waals surface area contributed by atoms with Crippen molar-refractivity contribution in [3.63, 3.8) is 0 Å². The summed E-state index contributed by atoms with van der Waals surface area (Å²) in [6.07, 6.45) is 0. The second-order valence-corrected chi connectivity index (χ2v) is 4.32. The molecular weight excluding hydrogens is 280 g/mol. The third-order valence-corrected chi connectivity index (χ3v) is 2.91. The molecule has 0 aliphatic rings. The van der Waals surface area contributed by atoms with Crippen LogP contribution < -0.4 is 0 Å². The van der Waals surface area contributed by atoms with Crippen molar-refractivity contribution in [2.24, 2.45) is 0 Å². The van der Waals surface area contributed by atoms with Gasteiger partial charge in [-0.2, -0.15) is 0 Å². The van der Waals surface area contributed by atoms with Gasteiger partial charge in [-0.25, -0.2) is 0 Å². The van der Waals surface area contributed by atoms with Gasteiger partial charge in [0, 0.05) is 30.8 Å². The van der Waals surface area contributed by atoms with Crippen LogP contribution in [0.5, 0.6) is 0 Å². The highest BCUT2D eigenvalue weighted by Gasteiger charge is 2.23. The monoisotopic (exact) mass is 296 g/mol. The highest BCUT2D eigenvalue weighted by Crippen LogP contribution is 2.22. The first-order valence-electron chi connectivity index (χ1n) is 6.12. The summed E-state index contributed by atoms with van der Waals surface area (Å²) in [6, 6.07) is 4.13.